The fourth-order valence-corrected chi connectivity index (χ4v) is 4.41. The van der Waals surface area contributed by atoms with Crippen molar-refractivity contribution in [3.63, 3.8) is 0 Å². The molecule has 0 saturated heterocycles. The monoisotopic (exact) mass is 513 g/mol. The van der Waals surface area contributed by atoms with Crippen LogP contribution in [0.4, 0.5) is 5.69 Å². The lowest BCUT2D eigenvalue weighted by atomic mass is 10.1. The summed E-state index contributed by atoms with van der Waals surface area (Å²) in [6.45, 7) is 5.14. The first-order valence-corrected chi connectivity index (χ1v) is 13.1. The Morgan fingerprint density at radius 1 is 0.970 bits per heavy atom. The molecule has 0 aliphatic rings. The largest absolute Gasteiger partial charge is 0.352 e. The van der Waals surface area contributed by atoms with Gasteiger partial charge in [-0.2, -0.15) is 0 Å². The lowest BCUT2D eigenvalue weighted by molar-refractivity contribution is -0.140. The highest BCUT2D eigenvalue weighted by Gasteiger charge is 2.31. The molecule has 33 heavy (non-hydrogen) atoms. The van der Waals surface area contributed by atoms with Gasteiger partial charge in [-0.3, -0.25) is 13.9 Å². The van der Waals surface area contributed by atoms with Gasteiger partial charge in [0.1, 0.15) is 12.6 Å². The number of hydrogen-bond acceptors (Lipinski definition) is 4. The number of halogens is 2. The Hall–Kier alpha value is -2.29. The number of carbonyl (C=O) groups is 2. The molecule has 0 spiro atoms. The van der Waals surface area contributed by atoms with Gasteiger partial charge in [-0.05, 0) is 62.2 Å². The Kier molecular flexibility index (Phi) is 9.57. The van der Waals surface area contributed by atoms with E-state index >= 15 is 0 Å². The third kappa shape index (κ3) is 7.91. The average molecular weight is 514 g/mol. The Labute approximate surface area is 205 Å². The van der Waals surface area contributed by atoms with E-state index in [-0.39, 0.29) is 18.5 Å². The molecule has 2 rings (SSSR count). The molecular weight excluding hydrogens is 485 g/mol. The van der Waals surface area contributed by atoms with Crippen molar-refractivity contribution in [1.29, 1.82) is 0 Å². The minimum Gasteiger partial charge on any atom is -0.352 e. The second kappa shape index (κ2) is 11.7. The van der Waals surface area contributed by atoms with Gasteiger partial charge in [0.25, 0.3) is 0 Å². The van der Waals surface area contributed by atoms with Gasteiger partial charge in [0.05, 0.1) is 11.9 Å². The van der Waals surface area contributed by atoms with Crippen molar-refractivity contribution in [3.8, 4) is 0 Å². The lowest BCUT2D eigenvalue weighted by Crippen LogP contribution is -2.53. The number of rotatable bonds is 10. The molecule has 0 aromatic heterocycles. The average Bonchev–Trinajstić information content (AvgIpc) is 2.72. The number of anilines is 1. The van der Waals surface area contributed by atoms with Gasteiger partial charge in [0.2, 0.25) is 21.8 Å². The van der Waals surface area contributed by atoms with E-state index in [9.17, 15) is 18.0 Å². The molecule has 180 valence electrons. The summed E-state index contributed by atoms with van der Waals surface area (Å²) in [5.41, 5.74) is 1.07. The van der Waals surface area contributed by atoms with Crippen LogP contribution in [0.1, 0.15) is 32.8 Å². The minimum atomic E-state index is -3.78. The zero-order valence-electron chi connectivity index (χ0n) is 19.1. The smallest absolute Gasteiger partial charge is 0.244 e. The number of benzene rings is 2. The predicted molar refractivity (Wildman–Crippen MR) is 133 cm³/mol. The predicted octanol–water partition coefficient (Wildman–Crippen LogP) is 4.09. The Balaban J connectivity index is 2.42. The van der Waals surface area contributed by atoms with E-state index in [1.807, 2.05) is 13.8 Å². The minimum absolute atomic E-state index is 0.111. The van der Waals surface area contributed by atoms with Gasteiger partial charge in [0, 0.05) is 22.6 Å². The number of sulfonamides is 1. The van der Waals surface area contributed by atoms with E-state index in [1.165, 1.54) is 17.0 Å². The molecule has 0 radical (unpaired) electrons. The molecule has 2 aromatic carbocycles. The van der Waals surface area contributed by atoms with Gasteiger partial charge in [-0.15, -0.1) is 0 Å². The zero-order chi connectivity index (χ0) is 24.8. The van der Waals surface area contributed by atoms with Crippen molar-refractivity contribution < 1.29 is 18.0 Å². The molecular formula is C23H29Cl2N3O4S. The molecule has 1 atom stereocenters. The highest BCUT2D eigenvalue weighted by atomic mass is 35.5. The van der Waals surface area contributed by atoms with E-state index in [4.69, 9.17) is 23.2 Å². The lowest BCUT2D eigenvalue weighted by Gasteiger charge is -2.33. The van der Waals surface area contributed by atoms with E-state index in [1.54, 1.807) is 43.3 Å². The van der Waals surface area contributed by atoms with Crippen LogP contribution in [0.15, 0.2) is 48.5 Å². The number of nitrogens with zero attached hydrogens (tertiary/aromatic N) is 2. The first-order valence-electron chi connectivity index (χ1n) is 10.5. The number of nitrogens with one attached hydrogen (secondary N) is 1. The maximum absolute atomic E-state index is 13.5. The van der Waals surface area contributed by atoms with Crippen LogP contribution in [0.2, 0.25) is 10.0 Å². The van der Waals surface area contributed by atoms with Crippen LogP contribution in [-0.2, 0) is 26.2 Å². The molecule has 0 fully saturated rings. The van der Waals surface area contributed by atoms with Crippen LogP contribution in [-0.4, -0.2) is 50.0 Å². The summed E-state index contributed by atoms with van der Waals surface area (Å²) in [5, 5.41) is 3.84. The molecule has 2 aromatic rings. The van der Waals surface area contributed by atoms with Gasteiger partial charge in [-0.25, -0.2) is 8.42 Å². The maximum atomic E-state index is 13.5. The van der Waals surface area contributed by atoms with Crippen molar-refractivity contribution in [2.75, 3.05) is 17.1 Å². The Morgan fingerprint density at radius 2 is 1.48 bits per heavy atom. The SMILES string of the molecule is CC[C@H](C(=O)NC(C)C)N(Cc1ccc(Cl)cc1)C(=O)CN(c1ccc(Cl)cc1)S(C)(=O)=O. The van der Waals surface area contributed by atoms with Gasteiger partial charge in [0.15, 0.2) is 0 Å². The standard InChI is InChI=1S/C23H29Cl2N3O4S/c1-5-21(23(30)26-16(2)3)27(14-17-6-8-18(24)9-7-17)22(29)15-28(33(4,31)32)20-12-10-19(25)11-13-20/h6-13,16,21H,5,14-15H2,1-4H3,(H,26,30)/t21-/m1/s1. The summed E-state index contributed by atoms with van der Waals surface area (Å²) in [7, 11) is -3.78. The van der Waals surface area contributed by atoms with Crippen LogP contribution in [0.3, 0.4) is 0 Å². The first-order chi connectivity index (χ1) is 15.4. The zero-order valence-corrected chi connectivity index (χ0v) is 21.4. The number of hydrogen-bond donors (Lipinski definition) is 1. The molecule has 0 heterocycles. The van der Waals surface area contributed by atoms with E-state index in [0.717, 1.165) is 16.1 Å². The second-order valence-electron chi connectivity index (χ2n) is 7.98. The highest BCUT2D eigenvalue weighted by molar-refractivity contribution is 7.92. The van der Waals surface area contributed by atoms with Crippen LogP contribution in [0, 0.1) is 0 Å². The third-order valence-corrected chi connectivity index (χ3v) is 6.52. The number of amides is 2. The molecule has 10 heteroatoms. The molecule has 0 unspecified atom stereocenters. The fourth-order valence-electron chi connectivity index (χ4n) is 3.31. The quantitative estimate of drug-likeness (QED) is 0.518. The van der Waals surface area contributed by atoms with Crippen molar-refractivity contribution in [3.05, 3.63) is 64.1 Å². The van der Waals surface area contributed by atoms with Crippen molar-refractivity contribution in [2.24, 2.45) is 0 Å². The van der Waals surface area contributed by atoms with Gasteiger partial charge < -0.3 is 10.2 Å². The molecule has 0 aliphatic heterocycles. The Bertz CT molecular complexity index is 1060. The summed E-state index contributed by atoms with van der Waals surface area (Å²) in [4.78, 5) is 27.8. The highest BCUT2D eigenvalue weighted by Crippen LogP contribution is 2.22. The van der Waals surface area contributed by atoms with Crippen LogP contribution < -0.4 is 9.62 Å². The molecule has 7 nitrogen and oxygen atoms in total. The second-order valence-corrected chi connectivity index (χ2v) is 10.8. The van der Waals surface area contributed by atoms with Crippen molar-refractivity contribution in [1.82, 2.24) is 10.2 Å². The van der Waals surface area contributed by atoms with E-state index < -0.39 is 28.5 Å². The summed E-state index contributed by atoms with van der Waals surface area (Å²) in [5.74, 6) is -0.803. The van der Waals surface area contributed by atoms with Gasteiger partial charge in [-0.1, -0.05) is 42.3 Å². The fraction of sp³-hybridized carbons (Fsp3) is 0.391. The molecule has 0 aliphatic carbocycles. The normalized spacial score (nSPS) is 12.3. The van der Waals surface area contributed by atoms with Crippen molar-refractivity contribution >= 4 is 50.7 Å². The van der Waals surface area contributed by atoms with Crippen molar-refractivity contribution in [2.45, 2.75) is 45.8 Å². The maximum Gasteiger partial charge on any atom is 0.244 e. The summed E-state index contributed by atoms with van der Waals surface area (Å²) in [6.07, 6.45) is 1.39. The van der Waals surface area contributed by atoms with Crippen LogP contribution in [0.5, 0.6) is 0 Å². The van der Waals surface area contributed by atoms with Crippen LogP contribution >= 0.6 is 23.2 Å². The first kappa shape index (κ1) is 27.0. The topological polar surface area (TPSA) is 86.8 Å². The molecule has 0 saturated carbocycles. The number of carbonyl (C=O) groups excluding carboxylic acids is 2. The van der Waals surface area contributed by atoms with E-state index in [0.29, 0.717) is 22.2 Å². The Morgan fingerprint density at radius 3 is 1.94 bits per heavy atom. The summed E-state index contributed by atoms with van der Waals surface area (Å²) in [6, 6.07) is 12.2. The molecule has 2 amide bonds. The molecule has 0 bridgehead atoms. The van der Waals surface area contributed by atoms with Gasteiger partial charge >= 0.3 is 0 Å². The van der Waals surface area contributed by atoms with E-state index in [2.05, 4.69) is 5.32 Å². The summed E-state index contributed by atoms with van der Waals surface area (Å²) < 4.78 is 26.0. The summed E-state index contributed by atoms with van der Waals surface area (Å²) >= 11 is 11.9. The van der Waals surface area contributed by atoms with Crippen LogP contribution in [0.25, 0.3) is 0 Å². The third-order valence-electron chi connectivity index (χ3n) is 4.88. The molecule has 1 N–H and O–H groups in total.